The van der Waals surface area contributed by atoms with E-state index in [0.29, 0.717) is 34.8 Å². The average molecular weight is 437 g/mol. The molecule has 0 aliphatic carbocycles. The highest BCUT2D eigenvalue weighted by molar-refractivity contribution is 9.10. The minimum Gasteiger partial charge on any atom is -0.338 e. The van der Waals surface area contributed by atoms with Crippen molar-refractivity contribution < 1.29 is 14.4 Å². The third-order valence-corrected chi connectivity index (χ3v) is 4.62. The van der Waals surface area contributed by atoms with Gasteiger partial charge < -0.3 is 10.6 Å². The Morgan fingerprint density at radius 1 is 1.04 bits per heavy atom. The van der Waals surface area contributed by atoms with E-state index in [-0.39, 0.29) is 24.4 Å². The van der Waals surface area contributed by atoms with E-state index in [1.807, 2.05) is 0 Å². The van der Waals surface area contributed by atoms with Crippen LogP contribution < -0.4 is 10.6 Å². The molecule has 2 N–H and O–H groups in total. The van der Waals surface area contributed by atoms with Gasteiger partial charge in [-0.25, -0.2) is 4.79 Å². The fraction of sp³-hybridized carbons (Fsp3) is 0.167. The van der Waals surface area contributed by atoms with Crippen LogP contribution in [0.4, 0.5) is 10.5 Å². The largest absolute Gasteiger partial charge is 0.338 e. The number of carbonyl (C=O) groups is 3. The number of amides is 4. The van der Waals surface area contributed by atoms with Gasteiger partial charge in [-0.3, -0.25) is 14.5 Å². The molecule has 2 aromatic rings. The highest BCUT2D eigenvalue weighted by Crippen LogP contribution is 2.26. The Kier molecular flexibility index (Phi) is 5.58. The Morgan fingerprint density at radius 3 is 2.46 bits per heavy atom. The van der Waals surface area contributed by atoms with Crippen LogP contribution in [0.15, 0.2) is 46.9 Å². The quantitative estimate of drug-likeness (QED) is 0.551. The molecule has 134 valence electrons. The number of hydrogen-bond acceptors (Lipinski definition) is 3. The summed E-state index contributed by atoms with van der Waals surface area (Å²) in [5.74, 6) is -0.611. The third kappa shape index (κ3) is 4.05. The molecule has 4 amide bonds. The highest BCUT2D eigenvalue weighted by atomic mass is 79.9. The summed E-state index contributed by atoms with van der Waals surface area (Å²) >= 11 is 9.09. The lowest BCUT2D eigenvalue weighted by Gasteiger charge is -2.14. The van der Waals surface area contributed by atoms with Crippen LogP contribution in [-0.2, 0) is 0 Å². The molecular weight excluding hydrogens is 422 g/mol. The van der Waals surface area contributed by atoms with Gasteiger partial charge in [0.1, 0.15) is 0 Å². The number of anilines is 1. The molecule has 0 aromatic heterocycles. The van der Waals surface area contributed by atoms with Crippen LogP contribution in [0.5, 0.6) is 0 Å². The minimum atomic E-state index is -0.362. The molecule has 3 rings (SSSR count). The van der Waals surface area contributed by atoms with Crippen LogP contribution in [0, 0.1) is 0 Å². The maximum Gasteiger partial charge on any atom is 0.319 e. The second-order valence-corrected chi connectivity index (χ2v) is 7.05. The molecule has 0 saturated heterocycles. The van der Waals surface area contributed by atoms with Crippen molar-refractivity contribution in [3.8, 4) is 0 Å². The van der Waals surface area contributed by atoms with Crippen molar-refractivity contribution in [2.24, 2.45) is 0 Å². The van der Waals surface area contributed by atoms with Crippen LogP contribution in [0.25, 0.3) is 0 Å². The zero-order valence-corrected chi connectivity index (χ0v) is 15.9. The van der Waals surface area contributed by atoms with Crippen molar-refractivity contribution in [1.82, 2.24) is 10.2 Å². The van der Waals surface area contributed by atoms with Gasteiger partial charge in [0.05, 0.1) is 11.1 Å². The van der Waals surface area contributed by atoms with Gasteiger partial charge in [0.15, 0.2) is 0 Å². The van der Waals surface area contributed by atoms with Gasteiger partial charge in [-0.05, 0) is 48.9 Å². The number of imide groups is 1. The van der Waals surface area contributed by atoms with Gasteiger partial charge >= 0.3 is 6.03 Å². The first-order chi connectivity index (χ1) is 12.5. The molecule has 0 radical (unpaired) electrons. The maximum atomic E-state index is 12.3. The van der Waals surface area contributed by atoms with E-state index in [1.165, 1.54) is 4.90 Å². The number of nitrogens with one attached hydrogen (secondary N) is 2. The smallest absolute Gasteiger partial charge is 0.319 e. The molecule has 1 aliphatic heterocycles. The van der Waals surface area contributed by atoms with Gasteiger partial charge in [0, 0.05) is 28.3 Å². The molecule has 0 bridgehead atoms. The molecule has 0 unspecified atom stereocenters. The number of carbonyl (C=O) groups excluding carboxylic acids is 3. The summed E-state index contributed by atoms with van der Waals surface area (Å²) < 4.78 is 0.750. The van der Waals surface area contributed by atoms with Gasteiger partial charge in [0.25, 0.3) is 11.8 Å². The zero-order valence-electron chi connectivity index (χ0n) is 13.6. The molecule has 8 heteroatoms. The fourth-order valence-corrected chi connectivity index (χ4v) is 3.10. The summed E-state index contributed by atoms with van der Waals surface area (Å²) in [6, 6.07) is 11.4. The van der Waals surface area contributed by atoms with Crippen LogP contribution in [0.3, 0.4) is 0 Å². The van der Waals surface area contributed by atoms with Crippen molar-refractivity contribution in [3.05, 3.63) is 63.1 Å². The highest BCUT2D eigenvalue weighted by Gasteiger charge is 2.34. The van der Waals surface area contributed by atoms with Crippen LogP contribution in [0.2, 0.25) is 5.02 Å². The molecular formula is C18H15BrClN3O3. The zero-order chi connectivity index (χ0) is 18.7. The van der Waals surface area contributed by atoms with E-state index in [4.69, 9.17) is 11.6 Å². The molecule has 1 aliphatic rings. The summed E-state index contributed by atoms with van der Waals surface area (Å²) in [7, 11) is 0. The van der Waals surface area contributed by atoms with Gasteiger partial charge in [-0.1, -0.05) is 27.5 Å². The number of rotatable bonds is 5. The van der Waals surface area contributed by atoms with E-state index in [2.05, 4.69) is 26.6 Å². The van der Waals surface area contributed by atoms with Gasteiger partial charge in [-0.2, -0.15) is 0 Å². The lowest BCUT2D eigenvalue weighted by molar-refractivity contribution is 0.0653. The molecule has 26 heavy (non-hydrogen) atoms. The first-order valence-electron chi connectivity index (χ1n) is 7.92. The number of urea groups is 1. The number of benzene rings is 2. The summed E-state index contributed by atoms with van der Waals surface area (Å²) in [4.78, 5) is 37.7. The van der Waals surface area contributed by atoms with E-state index >= 15 is 0 Å². The van der Waals surface area contributed by atoms with Gasteiger partial charge in [0.2, 0.25) is 0 Å². The van der Waals surface area contributed by atoms with Crippen molar-refractivity contribution in [2.75, 3.05) is 18.4 Å². The Labute approximate surface area is 163 Å². The average Bonchev–Trinajstić information content (AvgIpc) is 2.84. The molecule has 2 aromatic carbocycles. The summed E-state index contributed by atoms with van der Waals surface area (Å²) in [6.07, 6.45) is 0.459. The summed E-state index contributed by atoms with van der Waals surface area (Å²) in [5, 5.41) is 5.95. The van der Waals surface area contributed by atoms with E-state index in [0.717, 1.165) is 4.47 Å². The van der Waals surface area contributed by atoms with E-state index in [1.54, 1.807) is 42.5 Å². The molecule has 0 fully saturated rings. The number of nitrogens with zero attached hydrogens (tertiary/aromatic N) is 1. The van der Waals surface area contributed by atoms with Crippen molar-refractivity contribution in [3.63, 3.8) is 0 Å². The lowest BCUT2D eigenvalue weighted by atomic mass is 10.1. The van der Waals surface area contributed by atoms with Crippen LogP contribution in [0.1, 0.15) is 27.1 Å². The Hall–Kier alpha value is -2.38. The first-order valence-corrected chi connectivity index (χ1v) is 9.09. The Bertz CT molecular complexity index is 870. The summed E-state index contributed by atoms with van der Waals surface area (Å²) in [5.41, 5.74) is 1.43. The molecule has 1 heterocycles. The predicted molar refractivity (Wildman–Crippen MR) is 103 cm³/mol. The lowest BCUT2D eigenvalue weighted by Crippen LogP contribution is -2.35. The summed E-state index contributed by atoms with van der Waals surface area (Å²) in [6.45, 7) is 0.571. The molecule has 0 saturated carbocycles. The normalized spacial score (nSPS) is 12.9. The molecule has 0 spiro atoms. The van der Waals surface area contributed by atoms with Crippen molar-refractivity contribution in [2.45, 2.75) is 6.42 Å². The topological polar surface area (TPSA) is 78.5 Å². The predicted octanol–water partition coefficient (Wildman–Crippen LogP) is 3.91. The Morgan fingerprint density at radius 2 is 1.73 bits per heavy atom. The van der Waals surface area contributed by atoms with Crippen molar-refractivity contribution >= 4 is 51.1 Å². The first kappa shape index (κ1) is 18.4. The monoisotopic (exact) mass is 435 g/mol. The number of halogens is 2. The second kappa shape index (κ2) is 7.88. The molecule has 0 atom stereocenters. The van der Waals surface area contributed by atoms with Gasteiger partial charge in [-0.15, -0.1) is 0 Å². The minimum absolute atomic E-state index is 0.241. The van der Waals surface area contributed by atoms with Crippen LogP contribution >= 0.6 is 27.5 Å². The molecule has 6 nitrogen and oxygen atoms in total. The SMILES string of the molecule is O=C(NCCCN1C(=O)c2ccc(Br)cc2C1=O)Nc1ccc(Cl)cc1. The maximum absolute atomic E-state index is 12.3. The fourth-order valence-electron chi connectivity index (χ4n) is 2.61. The number of fused-ring (bicyclic) bond motifs is 1. The van der Waals surface area contributed by atoms with Crippen molar-refractivity contribution in [1.29, 1.82) is 0 Å². The van der Waals surface area contributed by atoms with E-state index in [9.17, 15) is 14.4 Å². The van der Waals surface area contributed by atoms with E-state index < -0.39 is 0 Å². The Balaban J connectivity index is 1.47. The van der Waals surface area contributed by atoms with Crippen LogP contribution in [-0.4, -0.2) is 35.8 Å². The second-order valence-electron chi connectivity index (χ2n) is 5.69. The number of hydrogen-bond donors (Lipinski definition) is 2. The third-order valence-electron chi connectivity index (χ3n) is 3.88. The standard InChI is InChI=1S/C18H15BrClN3O3/c19-11-2-7-14-15(10-11)17(25)23(16(14)24)9-1-8-21-18(26)22-13-5-3-12(20)4-6-13/h2-7,10H,1,8-9H2,(H2,21,22,26).